The van der Waals surface area contributed by atoms with Crippen molar-refractivity contribution < 1.29 is 14.0 Å². The Morgan fingerprint density at radius 2 is 1.94 bits per heavy atom. The van der Waals surface area contributed by atoms with Gasteiger partial charge in [0.2, 0.25) is 0 Å². The van der Waals surface area contributed by atoms with Crippen LogP contribution in [0.1, 0.15) is 45.4 Å². The molecule has 0 radical (unpaired) electrons. The third kappa shape index (κ3) is 4.97. The SMILES string of the molecule is CCCCC(=O)OCC[N+]1(C)CCCCC1. The van der Waals surface area contributed by atoms with Crippen LogP contribution in [0.5, 0.6) is 0 Å². The van der Waals surface area contributed by atoms with Crippen LogP contribution < -0.4 is 0 Å². The van der Waals surface area contributed by atoms with Crippen LogP contribution in [-0.2, 0) is 9.53 Å². The maximum atomic E-state index is 11.3. The number of rotatable bonds is 6. The first kappa shape index (κ1) is 13.5. The molecule has 0 saturated carbocycles. The molecule has 0 unspecified atom stereocenters. The van der Waals surface area contributed by atoms with Gasteiger partial charge < -0.3 is 9.22 Å². The van der Waals surface area contributed by atoms with Crippen LogP contribution in [0.2, 0.25) is 0 Å². The molecular weight excluding hydrogens is 202 g/mol. The molecule has 3 heteroatoms. The standard InChI is InChI=1S/C13H26NO2/c1-3-4-8-13(15)16-12-11-14(2)9-6-5-7-10-14/h3-12H2,1-2H3/q+1. The Morgan fingerprint density at radius 3 is 2.56 bits per heavy atom. The van der Waals surface area contributed by atoms with Gasteiger partial charge in [-0.3, -0.25) is 4.79 Å². The van der Waals surface area contributed by atoms with Gasteiger partial charge in [-0.15, -0.1) is 0 Å². The smallest absolute Gasteiger partial charge is 0.305 e. The molecule has 1 fully saturated rings. The lowest BCUT2D eigenvalue weighted by Crippen LogP contribution is -2.49. The van der Waals surface area contributed by atoms with Crippen LogP contribution in [0.4, 0.5) is 0 Å². The van der Waals surface area contributed by atoms with Gasteiger partial charge in [-0.1, -0.05) is 13.3 Å². The molecule has 1 aliphatic heterocycles. The molecule has 0 aromatic heterocycles. The molecule has 3 nitrogen and oxygen atoms in total. The Kier molecular flexibility index (Phi) is 5.81. The molecule has 0 N–H and O–H groups in total. The van der Waals surface area contributed by atoms with Crippen LogP contribution in [0.25, 0.3) is 0 Å². The van der Waals surface area contributed by atoms with Crippen molar-refractivity contribution in [3.8, 4) is 0 Å². The van der Waals surface area contributed by atoms with Crippen molar-refractivity contribution >= 4 is 5.97 Å². The number of unbranched alkanes of at least 4 members (excludes halogenated alkanes) is 1. The highest BCUT2D eigenvalue weighted by Gasteiger charge is 2.24. The number of carbonyl (C=O) groups excluding carboxylic acids is 1. The molecule has 0 aromatic carbocycles. The average molecular weight is 228 g/mol. The molecule has 1 rings (SSSR count). The molecule has 1 heterocycles. The molecule has 16 heavy (non-hydrogen) atoms. The molecule has 0 aromatic rings. The first-order valence-corrected chi connectivity index (χ1v) is 6.65. The second-order valence-corrected chi connectivity index (χ2v) is 5.18. The van der Waals surface area contributed by atoms with E-state index in [1.54, 1.807) is 0 Å². The minimum atomic E-state index is -0.0227. The average Bonchev–Trinajstić information content (AvgIpc) is 2.27. The second-order valence-electron chi connectivity index (χ2n) is 5.18. The molecule has 0 spiro atoms. The Labute approximate surface area is 99.4 Å². The number of hydrogen-bond donors (Lipinski definition) is 0. The predicted molar refractivity (Wildman–Crippen MR) is 65.1 cm³/mol. The third-order valence-corrected chi connectivity index (χ3v) is 3.52. The monoisotopic (exact) mass is 228 g/mol. The normalized spacial score (nSPS) is 19.4. The second kappa shape index (κ2) is 6.89. The maximum absolute atomic E-state index is 11.3. The Balaban J connectivity index is 2.11. The number of ether oxygens (including phenoxy) is 1. The number of esters is 1. The maximum Gasteiger partial charge on any atom is 0.305 e. The summed E-state index contributed by atoms with van der Waals surface area (Å²) in [5.74, 6) is -0.0227. The van der Waals surface area contributed by atoms with E-state index in [0.29, 0.717) is 13.0 Å². The zero-order valence-corrected chi connectivity index (χ0v) is 10.8. The van der Waals surface area contributed by atoms with E-state index in [9.17, 15) is 4.79 Å². The van der Waals surface area contributed by atoms with Gasteiger partial charge in [0.25, 0.3) is 0 Å². The van der Waals surface area contributed by atoms with Gasteiger partial charge in [0.1, 0.15) is 13.2 Å². The number of piperidine rings is 1. The first-order chi connectivity index (χ1) is 7.66. The molecule has 1 aliphatic rings. The fourth-order valence-electron chi connectivity index (χ4n) is 2.27. The number of hydrogen-bond acceptors (Lipinski definition) is 2. The van der Waals surface area contributed by atoms with Gasteiger partial charge in [-0.05, 0) is 25.7 Å². The van der Waals surface area contributed by atoms with Crippen LogP contribution in [0, 0.1) is 0 Å². The van der Waals surface area contributed by atoms with Crippen molar-refractivity contribution in [1.82, 2.24) is 0 Å². The van der Waals surface area contributed by atoms with Crippen molar-refractivity contribution in [2.45, 2.75) is 45.4 Å². The number of carbonyl (C=O) groups is 1. The van der Waals surface area contributed by atoms with E-state index in [0.717, 1.165) is 23.9 Å². The minimum absolute atomic E-state index is 0.0227. The Morgan fingerprint density at radius 1 is 1.25 bits per heavy atom. The zero-order chi connectivity index (χ0) is 11.9. The summed E-state index contributed by atoms with van der Waals surface area (Å²) in [5, 5.41) is 0. The van der Waals surface area contributed by atoms with E-state index in [1.165, 1.54) is 32.4 Å². The van der Waals surface area contributed by atoms with Gasteiger partial charge in [-0.25, -0.2) is 0 Å². The summed E-state index contributed by atoms with van der Waals surface area (Å²) in [6, 6.07) is 0. The topological polar surface area (TPSA) is 26.3 Å². The number of likely N-dealkylation sites (N-methyl/N-ethyl adjacent to an activating group) is 1. The fraction of sp³-hybridized carbons (Fsp3) is 0.923. The predicted octanol–water partition coefficient (Wildman–Crippen LogP) is 2.35. The third-order valence-electron chi connectivity index (χ3n) is 3.52. The molecule has 0 bridgehead atoms. The van der Waals surface area contributed by atoms with Gasteiger partial charge in [0.05, 0.1) is 20.1 Å². The summed E-state index contributed by atoms with van der Waals surface area (Å²) in [6.45, 7) is 6.16. The van der Waals surface area contributed by atoms with E-state index in [2.05, 4.69) is 14.0 Å². The van der Waals surface area contributed by atoms with E-state index in [4.69, 9.17) is 4.74 Å². The highest BCUT2D eigenvalue weighted by atomic mass is 16.5. The Hall–Kier alpha value is -0.570. The molecule has 0 atom stereocenters. The number of quaternary nitrogens is 1. The summed E-state index contributed by atoms with van der Waals surface area (Å²) >= 11 is 0. The van der Waals surface area contributed by atoms with Crippen molar-refractivity contribution in [2.24, 2.45) is 0 Å². The van der Waals surface area contributed by atoms with Crippen LogP contribution in [0.15, 0.2) is 0 Å². The van der Waals surface area contributed by atoms with Gasteiger partial charge in [0.15, 0.2) is 0 Å². The van der Waals surface area contributed by atoms with E-state index >= 15 is 0 Å². The highest BCUT2D eigenvalue weighted by molar-refractivity contribution is 5.69. The van der Waals surface area contributed by atoms with E-state index < -0.39 is 0 Å². The lowest BCUT2D eigenvalue weighted by molar-refractivity contribution is -0.914. The van der Waals surface area contributed by atoms with Crippen LogP contribution >= 0.6 is 0 Å². The molecule has 94 valence electrons. The first-order valence-electron chi connectivity index (χ1n) is 6.65. The lowest BCUT2D eigenvalue weighted by atomic mass is 10.1. The van der Waals surface area contributed by atoms with Gasteiger partial charge in [-0.2, -0.15) is 0 Å². The van der Waals surface area contributed by atoms with Crippen LogP contribution in [-0.4, -0.2) is 43.7 Å². The molecule has 1 saturated heterocycles. The molecular formula is C13H26NO2+. The lowest BCUT2D eigenvalue weighted by Gasteiger charge is -2.37. The summed E-state index contributed by atoms with van der Waals surface area (Å²) in [4.78, 5) is 11.3. The number of likely N-dealkylation sites (tertiary alicyclic amines) is 1. The largest absolute Gasteiger partial charge is 0.460 e. The molecule has 0 aliphatic carbocycles. The van der Waals surface area contributed by atoms with Crippen LogP contribution in [0.3, 0.4) is 0 Å². The summed E-state index contributed by atoms with van der Waals surface area (Å²) in [7, 11) is 2.28. The summed E-state index contributed by atoms with van der Waals surface area (Å²) in [5.41, 5.74) is 0. The van der Waals surface area contributed by atoms with Crippen molar-refractivity contribution in [1.29, 1.82) is 0 Å². The molecule has 0 amide bonds. The van der Waals surface area contributed by atoms with Gasteiger partial charge >= 0.3 is 5.97 Å². The highest BCUT2D eigenvalue weighted by Crippen LogP contribution is 2.15. The quantitative estimate of drug-likeness (QED) is 0.515. The van der Waals surface area contributed by atoms with E-state index in [1.807, 2.05) is 0 Å². The fourth-order valence-corrected chi connectivity index (χ4v) is 2.27. The zero-order valence-electron chi connectivity index (χ0n) is 10.8. The van der Waals surface area contributed by atoms with Crippen molar-refractivity contribution in [3.05, 3.63) is 0 Å². The minimum Gasteiger partial charge on any atom is -0.460 e. The van der Waals surface area contributed by atoms with Crippen molar-refractivity contribution in [3.63, 3.8) is 0 Å². The Bertz CT molecular complexity index is 210. The van der Waals surface area contributed by atoms with E-state index in [-0.39, 0.29) is 5.97 Å². The van der Waals surface area contributed by atoms with Crippen molar-refractivity contribution in [2.75, 3.05) is 33.3 Å². The number of nitrogens with zero attached hydrogens (tertiary/aromatic N) is 1. The summed E-state index contributed by atoms with van der Waals surface area (Å²) in [6.07, 6.45) is 6.60. The summed E-state index contributed by atoms with van der Waals surface area (Å²) < 4.78 is 6.34. The van der Waals surface area contributed by atoms with Gasteiger partial charge in [0, 0.05) is 6.42 Å².